The number of H-pyrrole nitrogens is 1. The van der Waals surface area contributed by atoms with Gasteiger partial charge in [0.05, 0.1) is 10.6 Å². The van der Waals surface area contributed by atoms with Gasteiger partial charge >= 0.3 is 5.97 Å². The van der Waals surface area contributed by atoms with E-state index in [1.54, 1.807) is 13.0 Å². The number of carboxylic acid groups (broad SMARTS) is 1. The number of aromatic nitrogens is 2. The smallest absolute Gasteiger partial charge is 0.353 e. The maximum atomic E-state index is 11.7. The minimum Gasteiger partial charge on any atom is -0.477 e. The minimum atomic E-state index is -3.34. The molecule has 0 aliphatic carbocycles. The zero-order chi connectivity index (χ0) is 15.1. The van der Waals surface area contributed by atoms with Crippen LogP contribution in [0.25, 0.3) is 11.3 Å². The van der Waals surface area contributed by atoms with Crippen LogP contribution in [0.15, 0.2) is 23.1 Å². The first kappa shape index (κ1) is 14.3. The summed E-state index contributed by atoms with van der Waals surface area (Å²) in [6, 6.07) is 4.49. The number of hydrogen-bond donors (Lipinski definition) is 2. The Hall–Kier alpha value is -2.15. The second-order valence-electron chi connectivity index (χ2n) is 4.66. The molecule has 0 amide bonds. The van der Waals surface area contributed by atoms with Crippen molar-refractivity contribution in [1.29, 1.82) is 0 Å². The van der Waals surface area contributed by atoms with Gasteiger partial charge in [-0.05, 0) is 43.2 Å². The van der Waals surface area contributed by atoms with Crippen LogP contribution in [0.3, 0.4) is 0 Å². The van der Waals surface area contributed by atoms with E-state index >= 15 is 0 Å². The molecule has 106 valence electrons. The molecule has 0 unspecified atom stereocenters. The van der Waals surface area contributed by atoms with Crippen LogP contribution in [-0.4, -0.2) is 35.9 Å². The molecule has 20 heavy (non-hydrogen) atoms. The fraction of sp³-hybridized carbons (Fsp3) is 0.231. The summed E-state index contributed by atoms with van der Waals surface area (Å²) in [6.07, 6.45) is 1.13. The number of hydrogen-bond acceptors (Lipinski definition) is 4. The quantitative estimate of drug-likeness (QED) is 0.899. The molecule has 1 heterocycles. The average Bonchev–Trinajstić information content (AvgIpc) is 2.80. The lowest BCUT2D eigenvalue weighted by Gasteiger charge is -2.09. The van der Waals surface area contributed by atoms with Crippen LogP contribution in [0.5, 0.6) is 0 Å². The molecular weight excluding hydrogens is 280 g/mol. The van der Waals surface area contributed by atoms with Crippen molar-refractivity contribution < 1.29 is 18.3 Å². The summed E-state index contributed by atoms with van der Waals surface area (Å²) in [6.45, 7) is 3.64. The van der Waals surface area contributed by atoms with Crippen molar-refractivity contribution in [3.8, 4) is 11.3 Å². The van der Waals surface area contributed by atoms with E-state index in [1.807, 2.05) is 6.92 Å². The normalized spacial score (nSPS) is 11.6. The van der Waals surface area contributed by atoms with Crippen LogP contribution >= 0.6 is 0 Å². The van der Waals surface area contributed by atoms with Gasteiger partial charge in [-0.15, -0.1) is 0 Å². The number of carboxylic acids is 1. The van der Waals surface area contributed by atoms with E-state index in [9.17, 15) is 13.2 Å². The van der Waals surface area contributed by atoms with Gasteiger partial charge in [0.25, 0.3) is 0 Å². The zero-order valence-corrected chi connectivity index (χ0v) is 12.1. The molecule has 0 radical (unpaired) electrons. The van der Waals surface area contributed by atoms with Crippen LogP contribution in [0, 0.1) is 13.8 Å². The molecule has 0 saturated carbocycles. The molecule has 0 spiro atoms. The zero-order valence-electron chi connectivity index (χ0n) is 11.3. The highest BCUT2D eigenvalue weighted by Crippen LogP contribution is 2.28. The fourth-order valence-corrected chi connectivity index (χ4v) is 2.60. The number of benzene rings is 1. The third-order valence-electron chi connectivity index (χ3n) is 3.15. The van der Waals surface area contributed by atoms with Gasteiger partial charge in [-0.25, -0.2) is 13.2 Å². The molecule has 0 atom stereocenters. The van der Waals surface area contributed by atoms with Gasteiger partial charge in [0.15, 0.2) is 9.84 Å². The molecule has 0 aliphatic heterocycles. The van der Waals surface area contributed by atoms with E-state index in [0.717, 1.165) is 17.4 Å². The van der Waals surface area contributed by atoms with Crippen LogP contribution < -0.4 is 0 Å². The molecule has 0 fully saturated rings. The Kier molecular flexibility index (Phi) is 3.39. The molecule has 7 heteroatoms. The predicted molar refractivity (Wildman–Crippen MR) is 73.6 cm³/mol. The van der Waals surface area contributed by atoms with E-state index in [0.29, 0.717) is 11.3 Å². The Balaban J connectivity index is 2.66. The van der Waals surface area contributed by atoms with Crippen LogP contribution in [0.1, 0.15) is 21.6 Å². The standard InChI is InChI=1S/C13H14N2O4S/c1-7-4-9(20(3,18)19)5-10(8(7)2)11-6-12(13(16)17)15-14-11/h4-6H,1-3H3,(H,14,15)(H,16,17). The summed E-state index contributed by atoms with van der Waals surface area (Å²) >= 11 is 0. The van der Waals surface area contributed by atoms with Gasteiger partial charge in [-0.3, -0.25) is 5.10 Å². The van der Waals surface area contributed by atoms with E-state index < -0.39 is 15.8 Å². The highest BCUT2D eigenvalue weighted by atomic mass is 32.2. The number of aryl methyl sites for hydroxylation is 1. The van der Waals surface area contributed by atoms with E-state index in [1.165, 1.54) is 12.1 Å². The first-order chi connectivity index (χ1) is 9.20. The molecule has 6 nitrogen and oxygen atoms in total. The molecule has 2 N–H and O–H groups in total. The van der Waals surface area contributed by atoms with Crippen LogP contribution in [-0.2, 0) is 9.84 Å². The lowest BCUT2D eigenvalue weighted by atomic mass is 10.0. The Morgan fingerprint density at radius 3 is 2.40 bits per heavy atom. The maximum absolute atomic E-state index is 11.7. The second kappa shape index (κ2) is 4.75. The van der Waals surface area contributed by atoms with E-state index in [2.05, 4.69) is 10.2 Å². The summed E-state index contributed by atoms with van der Waals surface area (Å²) in [4.78, 5) is 11.0. The van der Waals surface area contributed by atoms with Gasteiger partial charge in [-0.2, -0.15) is 5.10 Å². The van der Waals surface area contributed by atoms with Crippen molar-refractivity contribution in [1.82, 2.24) is 10.2 Å². The molecule has 0 bridgehead atoms. The average molecular weight is 294 g/mol. The number of aromatic amines is 1. The minimum absolute atomic E-state index is 0.0400. The van der Waals surface area contributed by atoms with Gasteiger partial charge in [0.2, 0.25) is 0 Å². The molecule has 2 aromatic rings. The SMILES string of the molecule is Cc1cc(S(C)(=O)=O)cc(-c2cc(C(=O)O)[nH]n2)c1C. The van der Waals surface area contributed by atoms with Crippen molar-refractivity contribution >= 4 is 15.8 Å². The number of nitrogens with one attached hydrogen (secondary N) is 1. The number of carbonyl (C=O) groups is 1. The Morgan fingerprint density at radius 1 is 1.25 bits per heavy atom. The molecule has 1 aromatic carbocycles. The molecule has 0 saturated heterocycles. The Bertz CT molecular complexity index is 791. The van der Waals surface area contributed by atoms with E-state index in [-0.39, 0.29) is 10.6 Å². The van der Waals surface area contributed by atoms with Crippen LogP contribution in [0.2, 0.25) is 0 Å². The summed E-state index contributed by atoms with van der Waals surface area (Å²) < 4.78 is 23.3. The summed E-state index contributed by atoms with van der Waals surface area (Å²) in [5.74, 6) is -1.11. The molecule has 2 rings (SSSR count). The van der Waals surface area contributed by atoms with Crippen molar-refractivity contribution in [3.05, 3.63) is 35.0 Å². The van der Waals surface area contributed by atoms with Crippen molar-refractivity contribution in [2.45, 2.75) is 18.7 Å². The van der Waals surface area contributed by atoms with Crippen LogP contribution in [0.4, 0.5) is 0 Å². The molecule has 1 aromatic heterocycles. The highest BCUT2D eigenvalue weighted by Gasteiger charge is 2.16. The van der Waals surface area contributed by atoms with Gasteiger partial charge in [0, 0.05) is 11.8 Å². The highest BCUT2D eigenvalue weighted by molar-refractivity contribution is 7.90. The molecule has 0 aliphatic rings. The maximum Gasteiger partial charge on any atom is 0.353 e. The first-order valence-corrected chi connectivity index (χ1v) is 7.69. The van der Waals surface area contributed by atoms with Gasteiger partial charge in [0.1, 0.15) is 5.69 Å². The van der Waals surface area contributed by atoms with Gasteiger partial charge < -0.3 is 5.11 Å². The van der Waals surface area contributed by atoms with Crippen molar-refractivity contribution in [2.24, 2.45) is 0 Å². The van der Waals surface area contributed by atoms with Gasteiger partial charge in [-0.1, -0.05) is 0 Å². The monoisotopic (exact) mass is 294 g/mol. The fourth-order valence-electron chi connectivity index (χ4n) is 1.88. The first-order valence-electron chi connectivity index (χ1n) is 5.80. The lowest BCUT2D eigenvalue weighted by molar-refractivity contribution is 0.0690. The Morgan fingerprint density at radius 2 is 1.90 bits per heavy atom. The third-order valence-corrected chi connectivity index (χ3v) is 4.25. The van der Waals surface area contributed by atoms with E-state index in [4.69, 9.17) is 5.11 Å². The van der Waals surface area contributed by atoms with Crippen molar-refractivity contribution in [2.75, 3.05) is 6.26 Å². The lowest BCUT2D eigenvalue weighted by Crippen LogP contribution is -2.00. The number of nitrogens with zero attached hydrogens (tertiary/aromatic N) is 1. The Labute approximate surface area is 116 Å². The number of rotatable bonds is 3. The third kappa shape index (κ3) is 2.57. The number of aromatic carboxylic acids is 1. The molecular formula is C13H14N2O4S. The predicted octanol–water partition coefficient (Wildman–Crippen LogP) is 1.80. The topological polar surface area (TPSA) is 100 Å². The van der Waals surface area contributed by atoms with Crippen molar-refractivity contribution in [3.63, 3.8) is 0 Å². The summed E-state index contributed by atoms with van der Waals surface area (Å²) in [7, 11) is -3.34. The summed E-state index contributed by atoms with van der Waals surface area (Å²) in [5, 5.41) is 15.2. The number of sulfone groups is 1. The summed E-state index contributed by atoms with van der Waals surface area (Å²) in [5.41, 5.74) is 2.65. The largest absolute Gasteiger partial charge is 0.477 e. The second-order valence-corrected chi connectivity index (χ2v) is 6.67.